The van der Waals surface area contributed by atoms with Crippen LogP contribution in [0.1, 0.15) is 26.0 Å². The van der Waals surface area contributed by atoms with Crippen LogP contribution in [0.4, 0.5) is 15.2 Å². The molecule has 1 heterocycles. The second kappa shape index (κ2) is 7.36. The van der Waals surface area contributed by atoms with Gasteiger partial charge in [0, 0.05) is 24.2 Å². The number of hydrogen-bond donors (Lipinski definition) is 1. The molecule has 2 aromatic rings. The van der Waals surface area contributed by atoms with E-state index in [2.05, 4.69) is 22.6 Å². The van der Waals surface area contributed by atoms with Crippen LogP contribution in [-0.4, -0.2) is 18.1 Å². The lowest BCUT2D eigenvalue weighted by molar-refractivity contribution is 0.627. The molecule has 0 spiro atoms. The summed E-state index contributed by atoms with van der Waals surface area (Å²) < 4.78 is 13.3. The van der Waals surface area contributed by atoms with Crippen molar-refractivity contribution in [2.75, 3.05) is 18.0 Å². The highest BCUT2D eigenvalue weighted by Crippen LogP contribution is 2.28. The van der Waals surface area contributed by atoms with Crippen molar-refractivity contribution in [1.82, 2.24) is 10.3 Å². The van der Waals surface area contributed by atoms with Gasteiger partial charge >= 0.3 is 0 Å². The van der Waals surface area contributed by atoms with Crippen LogP contribution >= 0.6 is 11.3 Å². The fourth-order valence-electron chi connectivity index (χ4n) is 1.97. The van der Waals surface area contributed by atoms with Gasteiger partial charge in [-0.1, -0.05) is 13.0 Å². The standard InChI is InChI=1S/C15H20FN3S/c1-3-8-17-10-13-11-20-15(18-13)19(4-2)14-7-5-6-12(16)9-14/h5-7,9,11,17H,3-4,8,10H2,1-2H3. The highest BCUT2D eigenvalue weighted by Gasteiger charge is 2.12. The summed E-state index contributed by atoms with van der Waals surface area (Å²) in [6, 6.07) is 6.63. The van der Waals surface area contributed by atoms with E-state index in [9.17, 15) is 4.39 Å². The first-order valence-corrected chi connectivity index (χ1v) is 7.80. The van der Waals surface area contributed by atoms with E-state index in [4.69, 9.17) is 0 Å². The van der Waals surface area contributed by atoms with E-state index in [1.807, 2.05) is 17.9 Å². The largest absolute Gasteiger partial charge is 0.318 e. The smallest absolute Gasteiger partial charge is 0.190 e. The number of benzene rings is 1. The van der Waals surface area contributed by atoms with Gasteiger partial charge in [-0.05, 0) is 38.1 Å². The number of nitrogens with one attached hydrogen (secondary N) is 1. The fourth-order valence-corrected chi connectivity index (χ4v) is 2.88. The van der Waals surface area contributed by atoms with Crippen LogP contribution in [0, 0.1) is 5.82 Å². The Labute approximate surface area is 123 Å². The topological polar surface area (TPSA) is 28.2 Å². The number of halogens is 1. The number of aromatic nitrogens is 1. The monoisotopic (exact) mass is 293 g/mol. The van der Waals surface area contributed by atoms with Crippen molar-refractivity contribution in [2.24, 2.45) is 0 Å². The lowest BCUT2D eigenvalue weighted by atomic mass is 10.3. The molecule has 0 unspecified atom stereocenters. The van der Waals surface area contributed by atoms with Crippen molar-refractivity contribution in [2.45, 2.75) is 26.8 Å². The van der Waals surface area contributed by atoms with Crippen molar-refractivity contribution < 1.29 is 4.39 Å². The van der Waals surface area contributed by atoms with Gasteiger partial charge in [0.25, 0.3) is 0 Å². The Kier molecular flexibility index (Phi) is 5.49. The molecule has 0 atom stereocenters. The molecule has 1 aromatic carbocycles. The number of nitrogens with zero attached hydrogens (tertiary/aromatic N) is 2. The zero-order chi connectivity index (χ0) is 14.4. The molecule has 0 fully saturated rings. The molecule has 2 rings (SSSR count). The van der Waals surface area contributed by atoms with E-state index in [-0.39, 0.29) is 5.82 Å². The average Bonchev–Trinajstić information content (AvgIpc) is 2.89. The van der Waals surface area contributed by atoms with Gasteiger partial charge < -0.3 is 10.2 Å². The van der Waals surface area contributed by atoms with Crippen LogP contribution in [0.5, 0.6) is 0 Å². The number of rotatable bonds is 7. The molecule has 0 saturated heterocycles. The minimum absolute atomic E-state index is 0.220. The molecule has 0 aliphatic rings. The number of hydrogen-bond acceptors (Lipinski definition) is 4. The molecule has 1 aromatic heterocycles. The first-order valence-electron chi connectivity index (χ1n) is 6.92. The zero-order valence-electron chi connectivity index (χ0n) is 11.9. The van der Waals surface area contributed by atoms with Gasteiger partial charge in [0.05, 0.1) is 5.69 Å². The normalized spacial score (nSPS) is 10.8. The van der Waals surface area contributed by atoms with E-state index < -0.39 is 0 Å². The van der Waals surface area contributed by atoms with Gasteiger partial charge in [-0.3, -0.25) is 0 Å². The molecule has 0 aliphatic heterocycles. The Morgan fingerprint density at radius 1 is 1.35 bits per heavy atom. The first-order chi connectivity index (χ1) is 9.74. The van der Waals surface area contributed by atoms with E-state index in [0.29, 0.717) is 0 Å². The Balaban J connectivity index is 2.12. The molecule has 3 nitrogen and oxygen atoms in total. The third-order valence-electron chi connectivity index (χ3n) is 2.94. The maximum atomic E-state index is 13.3. The van der Waals surface area contributed by atoms with Gasteiger partial charge in [-0.2, -0.15) is 0 Å². The summed E-state index contributed by atoms with van der Waals surface area (Å²) in [6.07, 6.45) is 1.11. The number of thiazole rings is 1. The summed E-state index contributed by atoms with van der Waals surface area (Å²) in [5.41, 5.74) is 1.88. The summed E-state index contributed by atoms with van der Waals surface area (Å²) in [5, 5.41) is 6.30. The second-order valence-electron chi connectivity index (χ2n) is 4.52. The Morgan fingerprint density at radius 2 is 2.20 bits per heavy atom. The summed E-state index contributed by atoms with van der Waals surface area (Å²) in [6.45, 7) is 6.72. The molecule has 0 saturated carbocycles. The minimum Gasteiger partial charge on any atom is -0.318 e. The summed E-state index contributed by atoms with van der Waals surface area (Å²) >= 11 is 1.59. The second-order valence-corrected chi connectivity index (χ2v) is 5.36. The third kappa shape index (κ3) is 3.77. The molecule has 5 heteroatoms. The maximum absolute atomic E-state index is 13.3. The summed E-state index contributed by atoms with van der Waals surface area (Å²) in [4.78, 5) is 6.64. The van der Waals surface area contributed by atoms with Crippen molar-refractivity contribution in [3.8, 4) is 0 Å². The minimum atomic E-state index is -0.220. The van der Waals surface area contributed by atoms with E-state index in [1.54, 1.807) is 23.5 Å². The van der Waals surface area contributed by atoms with Gasteiger partial charge in [0.15, 0.2) is 5.13 Å². The summed E-state index contributed by atoms with van der Waals surface area (Å²) in [5.74, 6) is -0.220. The SMILES string of the molecule is CCCNCc1csc(N(CC)c2cccc(F)c2)n1. The Morgan fingerprint density at radius 3 is 2.90 bits per heavy atom. The van der Waals surface area contributed by atoms with Gasteiger partial charge in [0.1, 0.15) is 5.82 Å². The highest BCUT2D eigenvalue weighted by atomic mass is 32.1. The lowest BCUT2D eigenvalue weighted by Crippen LogP contribution is -2.17. The van der Waals surface area contributed by atoms with Crippen molar-refractivity contribution in [3.05, 3.63) is 41.2 Å². The maximum Gasteiger partial charge on any atom is 0.190 e. The number of anilines is 2. The van der Waals surface area contributed by atoms with Crippen LogP contribution < -0.4 is 10.2 Å². The van der Waals surface area contributed by atoms with Crippen molar-refractivity contribution >= 4 is 22.2 Å². The molecule has 1 N–H and O–H groups in total. The van der Waals surface area contributed by atoms with E-state index in [1.165, 1.54) is 6.07 Å². The molecule has 0 radical (unpaired) electrons. The quantitative estimate of drug-likeness (QED) is 0.784. The van der Waals surface area contributed by atoms with Gasteiger partial charge in [-0.15, -0.1) is 11.3 Å². The lowest BCUT2D eigenvalue weighted by Gasteiger charge is -2.19. The van der Waals surface area contributed by atoms with Crippen LogP contribution in [0.15, 0.2) is 29.6 Å². The molecule has 0 bridgehead atoms. The molecular weight excluding hydrogens is 273 g/mol. The summed E-state index contributed by atoms with van der Waals surface area (Å²) in [7, 11) is 0. The van der Waals surface area contributed by atoms with Crippen molar-refractivity contribution in [1.29, 1.82) is 0 Å². The van der Waals surface area contributed by atoms with Crippen LogP contribution in [-0.2, 0) is 6.54 Å². The zero-order valence-corrected chi connectivity index (χ0v) is 12.7. The molecule has 108 valence electrons. The molecule has 0 aliphatic carbocycles. The average molecular weight is 293 g/mol. The molecule has 0 amide bonds. The van der Waals surface area contributed by atoms with E-state index in [0.717, 1.165) is 42.6 Å². The van der Waals surface area contributed by atoms with Gasteiger partial charge in [-0.25, -0.2) is 9.37 Å². The first kappa shape index (κ1) is 14.9. The predicted molar refractivity (Wildman–Crippen MR) is 83.2 cm³/mol. The fraction of sp³-hybridized carbons (Fsp3) is 0.400. The Hall–Kier alpha value is -1.46. The highest BCUT2D eigenvalue weighted by molar-refractivity contribution is 7.13. The van der Waals surface area contributed by atoms with Crippen LogP contribution in [0.2, 0.25) is 0 Å². The van der Waals surface area contributed by atoms with Crippen LogP contribution in [0.25, 0.3) is 0 Å². The third-order valence-corrected chi connectivity index (χ3v) is 3.85. The van der Waals surface area contributed by atoms with E-state index >= 15 is 0 Å². The predicted octanol–water partition coefficient (Wildman–Crippen LogP) is 3.94. The Bertz CT molecular complexity index is 541. The van der Waals surface area contributed by atoms with Gasteiger partial charge in [0.2, 0.25) is 0 Å². The molecule has 20 heavy (non-hydrogen) atoms. The van der Waals surface area contributed by atoms with Crippen molar-refractivity contribution in [3.63, 3.8) is 0 Å². The van der Waals surface area contributed by atoms with Crippen LogP contribution in [0.3, 0.4) is 0 Å². The molecular formula is C15H20FN3S.